The van der Waals surface area contributed by atoms with Crippen molar-refractivity contribution in [1.29, 1.82) is 0 Å². The first kappa shape index (κ1) is 57.4. The molecule has 83 heavy (non-hydrogen) atoms. The summed E-state index contributed by atoms with van der Waals surface area (Å²) in [6.07, 6.45) is 7.77. The van der Waals surface area contributed by atoms with E-state index in [0.29, 0.717) is 78.5 Å². The van der Waals surface area contributed by atoms with Gasteiger partial charge in [0.25, 0.3) is 0 Å². The van der Waals surface area contributed by atoms with Crippen molar-refractivity contribution in [3.63, 3.8) is 0 Å². The number of nitrogens with one attached hydrogen (secondary N) is 1. The van der Waals surface area contributed by atoms with E-state index in [4.69, 9.17) is 9.15 Å². The lowest BCUT2D eigenvalue weighted by atomic mass is 9.64. The molecule has 3 fully saturated rings. The molecule has 17 heteroatoms. The molecule has 17 rings (SSSR count). The normalized spacial score (nSPS) is 30.6. The van der Waals surface area contributed by atoms with Gasteiger partial charge in [-0.1, -0.05) is 121 Å². The molecule has 440 valence electrons. The van der Waals surface area contributed by atoms with Crippen LogP contribution >= 0.6 is 64.8 Å². The van der Waals surface area contributed by atoms with E-state index >= 15 is 4.79 Å². The standard InChI is InChI=1S/C66H75NO10S6/c1-32(2)20-38-24-44-47-31-81-82-52-13-11-39(67-58(52)37-8-3-6-33(21-37)22-43(47)59(38)71)30-80-79-29-34-7-4-16-66(75,28-34)17-14-35-23-36-10-12-41-56-53(36)42(40(35)15-18-68)25-45-54(56)46-26-50(48(69)9-5-19-78-83-65(41)60(46)72)76-64-55(45)49(70)27-51-57(64)61(73)62(74)63(44)77-51/h3,6,8,10,12,21,24-25,27,32,34-35,39-40,46,48,50,52,58,60,65,67-72,74-75H,4-5,7,9,11,13-20,22-23,26,28-31H2,1-2H3. The minimum atomic E-state index is -1.00. The van der Waals surface area contributed by atoms with Crippen molar-refractivity contribution in [1.82, 2.24) is 5.32 Å². The molecule has 12 unspecified atom stereocenters. The van der Waals surface area contributed by atoms with Crippen LogP contribution in [-0.4, -0.2) is 94.8 Å². The molecule has 1 saturated carbocycles. The number of hydrogen-bond donors (Lipinski definition) is 8. The van der Waals surface area contributed by atoms with Gasteiger partial charge >= 0.3 is 0 Å². The summed E-state index contributed by atoms with van der Waals surface area (Å²) in [7, 11) is 10.8. The summed E-state index contributed by atoms with van der Waals surface area (Å²) < 4.78 is 14.1. The van der Waals surface area contributed by atoms with E-state index in [0.717, 1.165) is 107 Å². The zero-order valence-electron chi connectivity index (χ0n) is 47.1. The van der Waals surface area contributed by atoms with Gasteiger partial charge in [-0.3, -0.25) is 4.79 Å². The van der Waals surface area contributed by atoms with E-state index < -0.39 is 41.0 Å². The van der Waals surface area contributed by atoms with Gasteiger partial charge in [-0.15, -0.1) is 0 Å². The summed E-state index contributed by atoms with van der Waals surface area (Å²) >= 11 is 0. The average Bonchev–Trinajstić information content (AvgIpc) is 1.82. The van der Waals surface area contributed by atoms with Gasteiger partial charge in [0.1, 0.15) is 34.3 Å². The van der Waals surface area contributed by atoms with Gasteiger partial charge in [-0.05, 0) is 180 Å². The first-order chi connectivity index (χ1) is 40.2. The van der Waals surface area contributed by atoms with Crippen LogP contribution in [0.2, 0.25) is 0 Å². The Labute approximate surface area is 509 Å². The van der Waals surface area contributed by atoms with Crippen molar-refractivity contribution < 1.29 is 44.9 Å². The van der Waals surface area contributed by atoms with Gasteiger partial charge in [-0.25, -0.2) is 0 Å². The number of rotatable bonds is 4. The maximum Gasteiger partial charge on any atom is 0.238 e. The molecule has 2 saturated heterocycles. The second-order valence-corrected chi connectivity index (χ2v) is 33.5. The average molecular weight is 1230 g/mol. The van der Waals surface area contributed by atoms with E-state index in [-0.39, 0.29) is 86.9 Å². The van der Waals surface area contributed by atoms with Crippen LogP contribution in [0.15, 0.2) is 63.8 Å². The predicted molar refractivity (Wildman–Crippen MR) is 344 cm³/mol. The lowest BCUT2D eigenvalue weighted by Gasteiger charge is -2.44. The number of fused-ring (bicyclic) bond motifs is 6. The van der Waals surface area contributed by atoms with Crippen molar-refractivity contribution >= 4 is 86.5 Å². The Morgan fingerprint density at radius 2 is 1.70 bits per heavy atom. The third kappa shape index (κ3) is 10.4. The van der Waals surface area contributed by atoms with Gasteiger partial charge in [0.2, 0.25) is 11.2 Å². The molecule has 3 aliphatic carbocycles. The largest absolute Gasteiger partial charge is 0.507 e. The third-order valence-electron chi connectivity index (χ3n) is 19.9. The number of phenols is 2. The highest BCUT2D eigenvalue weighted by molar-refractivity contribution is 8.77. The van der Waals surface area contributed by atoms with Gasteiger partial charge in [0.15, 0.2) is 5.76 Å². The molecule has 6 aromatic rings. The molecule has 8 N–H and O–H groups in total. The fraction of sp³-hybridized carbons (Fsp3) is 0.530. The van der Waals surface area contributed by atoms with Crippen LogP contribution in [0.1, 0.15) is 164 Å². The smallest absolute Gasteiger partial charge is 0.238 e. The highest BCUT2D eigenvalue weighted by Crippen LogP contribution is 2.62. The van der Waals surface area contributed by atoms with Crippen molar-refractivity contribution in [2.75, 3.05) is 23.9 Å². The zero-order chi connectivity index (χ0) is 57.0. The summed E-state index contributed by atoms with van der Waals surface area (Å²) in [6, 6.07) is 19.0. The first-order valence-electron chi connectivity index (χ1n) is 30.3. The van der Waals surface area contributed by atoms with E-state index in [1.807, 2.05) is 38.4 Å². The topological polar surface area (TPSA) is 193 Å². The number of aliphatic hydroxyl groups excluding tert-OH is 3. The van der Waals surface area contributed by atoms with Gasteiger partial charge in [0.05, 0.1) is 28.6 Å². The highest BCUT2D eigenvalue weighted by atomic mass is 33.1. The molecule has 8 aliphatic heterocycles. The SMILES string of the molecule is CC(C)Cc1cc2c3c(c1O)Cc1cccc(c1)C1NC(CCC1SSC3)CSSCC1CCCC(O)(CCC3Cc4ccc5c6c7c(cc(c46)C3CCO)-c3c(O)cc4oc-2c(O)c(=O)c4c3OC2CC7C(O)C5SSCCCC2O)C1. The molecule has 0 spiro atoms. The molecule has 9 heterocycles. The maximum atomic E-state index is 15.7. The number of piperidine rings is 1. The minimum absolute atomic E-state index is 0.0000829. The highest BCUT2D eigenvalue weighted by Gasteiger charge is 2.48. The second kappa shape index (κ2) is 23.3. The Balaban J connectivity index is 1.01. The Hall–Kier alpha value is -3.33. The fourth-order valence-electron chi connectivity index (χ4n) is 16.0. The molecule has 11 nitrogen and oxygen atoms in total. The van der Waals surface area contributed by atoms with Crippen LogP contribution in [0.4, 0.5) is 0 Å². The molecule has 0 radical (unpaired) electrons. The Kier molecular flexibility index (Phi) is 16.1. The van der Waals surface area contributed by atoms with Gasteiger partial charge < -0.3 is 50.2 Å². The van der Waals surface area contributed by atoms with Crippen molar-refractivity contribution in [3.05, 3.63) is 115 Å². The Bertz CT molecular complexity index is 3580. The van der Waals surface area contributed by atoms with E-state index in [1.165, 1.54) is 17.2 Å². The third-order valence-corrected chi connectivity index (χ3v) is 28.2. The number of ether oxygens (including phenoxy) is 1. The molecule has 19 bridgehead atoms. The van der Waals surface area contributed by atoms with Crippen LogP contribution in [0.5, 0.6) is 23.0 Å². The summed E-state index contributed by atoms with van der Waals surface area (Å²) in [5.74, 6) is 2.44. The minimum Gasteiger partial charge on any atom is -0.507 e. The Morgan fingerprint density at radius 3 is 2.55 bits per heavy atom. The van der Waals surface area contributed by atoms with Crippen LogP contribution in [-0.2, 0) is 25.0 Å². The number of phenolic OH excluding ortho intramolecular Hbond substituents is 2. The van der Waals surface area contributed by atoms with Crippen molar-refractivity contribution in [2.45, 2.75) is 174 Å². The maximum absolute atomic E-state index is 15.7. The number of benzene rings is 5. The molecular weight excluding hydrogens is 1160 g/mol. The molecule has 0 amide bonds. The number of hydrogen-bond acceptors (Lipinski definition) is 17. The molecule has 1 aromatic heterocycles. The van der Waals surface area contributed by atoms with Gasteiger partial charge in [0, 0.05) is 76.5 Å². The monoisotopic (exact) mass is 1230 g/mol. The van der Waals surface area contributed by atoms with Crippen molar-refractivity contribution in [3.8, 4) is 45.4 Å². The molecule has 12 atom stereocenters. The summed E-state index contributed by atoms with van der Waals surface area (Å²) in [5.41, 5.74) is 8.24. The van der Waals surface area contributed by atoms with E-state index in [9.17, 15) is 35.7 Å². The van der Waals surface area contributed by atoms with E-state index in [1.54, 1.807) is 32.4 Å². The van der Waals surface area contributed by atoms with Gasteiger partial charge in [-0.2, -0.15) is 0 Å². The second-order valence-electron chi connectivity index (χ2n) is 25.7. The lowest BCUT2D eigenvalue weighted by molar-refractivity contribution is -0.0249. The van der Waals surface area contributed by atoms with Crippen LogP contribution in [0, 0.1) is 17.8 Å². The summed E-state index contributed by atoms with van der Waals surface area (Å²) in [5, 5.41) is 93.1. The van der Waals surface area contributed by atoms with Crippen LogP contribution in [0.25, 0.3) is 44.2 Å². The first-order valence-corrected chi connectivity index (χ1v) is 37.6. The van der Waals surface area contributed by atoms with Crippen molar-refractivity contribution in [2.24, 2.45) is 17.8 Å². The molecule has 5 aromatic carbocycles. The lowest BCUT2D eigenvalue weighted by Crippen LogP contribution is -2.44. The number of aliphatic hydroxyl groups is 4. The molecular formula is C66H75NO10S6. The predicted octanol–water partition coefficient (Wildman–Crippen LogP) is 14.2. The quantitative estimate of drug-likeness (QED) is 0.0777. The van der Waals surface area contributed by atoms with E-state index in [2.05, 4.69) is 61.6 Å². The zero-order valence-corrected chi connectivity index (χ0v) is 52.0. The van der Waals surface area contributed by atoms with Crippen LogP contribution in [0.3, 0.4) is 0 Å². The van der Waals surface area contributed by atoms with Crippen LogP contribution < -0.4 is 15.5 Å². The molecule has 11 aliphatic rings. The summed E-state index contributed by atoms with van der Waals surface area (Å²) in [6.45, 7) is 4.15. The Morgan fingerprint density at radius 1 is 0.831 bits per heavy atom. The fourth-order valence-corrected chi connectivity index (χ4v) is 24.6. The number of aromatic hydroxyl groups is 3. The summed E-state index contributed by atoms with van der Waals surface area (Å²) in [4.78, 5) is 15.7.